The zero-order valence-electron chi connectivity index (χ0n) is 9.43. The van der Waals surface area contributed by atoms with Gasteiger partial charge in [-0.3, -0.25) is 0 Å². The monoisotopic (exact) mass is 232 g/mol. The Balaban J connectivity index is 3.07. The van der Waals surface area contributed by atoms with Crippen molar-refractivity contribution in [3.05, 3.63) is 11.5 Å². The van der Waals surface area contributed by atoms with E-state index in [1.807, 2.05) is 11.8 Å². The number of hydrogen-bond donors (Lipinski definition) is 1. The van der Waals surface area contributed by atoms with E-state index in [4.69, 9.17) is 0 Å². The molecule has 0 saturated carbocycles. The molecule has 0 saturated heterocycles. The van der Waals surface area contributed by atoms with Crippen LogP contribution in [0, 0.1) is 0 Å². The van der Waals surface area contributed by atoms with Gasteiger partial charge in [-0.05, 0) is 42.1 Å². The molecule has 0 aliphatic carbocycles. The Bertz CT molecular complexity index is 132. The maximum atomic E-state index is 4.20. The summed E-state index contributed by atoms with van der Waals surface area (Å²) in [4.78, 5) is 1.38. The number of thiol groups is 1. The van der Waals surface area contributed by atoms with E-state index in [2.05, 4.69) is 26.1 Å². The predicted molar refractivity (Wildman–Crippen MR) is 73.4 cm³/mol. The van der Waals surface area contributed by atoms with Crippen LogP contribution in [-0.4, -0.2) is 11.5 Å². The number of thioether (sulfide) groups is 1. The van der Waals surface area contributed by atoms with Gasteiger partial charge in [0.05, 0.1) is 0 Å². The maximum Gasteiger partial charge on any atom is -0.00234 e. The van der Waals surface area contributed by atoms with Crippen LogP contribution in [-0.2, 0) is 0 Å². The lowest BCUT2D eigenvalue weighted by molar-refractivity contribution is 0.712. The molecule has 14 heavy (non-hydrogen) atoms. The summed E-state index contributed by atoms with van der Waals surface area (Å²) < 4.78 is 0. The molecule has 0 aromatic rings. The second kappa shape index (κ2) is 11.5. The average Bonchev–Trinajstić information content (AvgIpc) is 2.20. The van der Waals surface area contributed by atoms with E-state index < -0.39 is 0 Å². The summed E-state index contributed by atoms with van der Waals surface area (Å²) in [7, 11) is 0. The Kier molecular flexibility index (Phi) is 11.9. The molecule has 2 heteroatoms. The van der Waals surface area contributed by atoms with Gasteiger partial charge in [0.25, 0.3) is 0 Å². The van der Waals surface area contributed by atoms with Crippen LogP contribution in [0.3, 0.4) is 0 Å². The highest BCUT2D eigenvalue weighted by atomic mass is 32.2. The van der Waals surface area contributed by atoms with Gasteiger partial charge in [-0.25, -0.2) is 0 Å². The Morgan fingerprint density at radius 3 is 2.50 bits per heavy atom. The second-order valence-electron chi connectivity index (χ2n) is 3.63. The molecule has 0 nitrogen and oxygen atoms in total. The van der Waals surface area contributed by atoms with Gasteiger partial charge in [-0.2, -0.15) is 12.6 Å². The Hall–Kier alpha value is 0.440. The first-order valence-corrected chi connectivity index (χ1v) is 7.34. The van der Waals surface area contributed by atoms with Crippen molar-refractivity contribution in [1.82, 2.24) is 0 Å². The van der Waals surface area contributed by atoms with E-state index in [1.165, 1.54) is 55.6 Å². The molecule has 0 radical (unpaired) electrons. The SMILES string of the molecule is C=C(CCCC)SCCCCCCS. The summed E-state index contributed by atoms with van der Waals surface area (Å²) in [5.41, 5.74) is 0. The van der Waals surface area contributed by atoms with Crippen molar-refractivity contribution in [2.75, 3.05) is 11.5 Å². The minimum Gasteiger partial charge on any atom is -0.179 e. The Labute approximate surface area is 99.3 Å². The molecule has 0 heterocycles. The second-order valence-corrected chi connectivity index (χ2v) is 5.35. The molecule has 0 aliphatic rings. The minimum atomic E-state index is 1.04. The third-order valence-corrected chi connectivity index (χ3v) is 3.59. The lowest BCUT2D eigenvalue weighted by atomic mass is 10.2. The molecule has 0 fully saturated rings. The molecular weight excluding hydrogens is 208 g/mol. The Morgan fingerprint density at radius 1 is 1.14 bits per heavy atom. The summed E-state index contributed by atoms with van der Waals surface area (Å²) >= 11 is 6.16. The molecule has 0 atom stereocenters. The van der Waals surface area contributed by atoms with Crippen LogP contribution in [0.25, 0.3) is 0 Å². The predicted octanol–water partition coefficient (Wildman–Crippen LogP) is 4.91. The smallest absolute Gasteiger partial charge is 0.00234 e. The zero-order valence-corrected chi connectivity index (χ0v) is 11.1. The molecule has 0 aromatic carbocycles. The summed E-state index contributed by atoms with van der Waals surface area (Å²) in [6.07, 6.45) is 9.08. The van der Waals surface area contributed by atoms with Crippen molar-refractivity contribution in [1.29, 1.82) is 0 Å². The van der Waals surface area contributed by atoms with Crippen molar-refractivity contribution in [3.8, 4) is 0 Å². The fourth-order valence-corrected chi connectivity index (χ4v) is 2.38. The van der Waals surface area contributed by atoms with Crippen LogP contribution in [0.4, 0.5) is 0 Å². The normalized spacial score (nSPS) is 10.4. The number of rotatable bonds is 10. The molecule has 0 spiro atoms. The number of unbranched alkanes of at least 4 members (excludes halogenated alkanes) is 4. The fraction of sp³-hybridized carbons (Fsp3) is 0.833. The summed E-state index contributed by atoms with van der Waals surface area (Å²) in [5.74, 6) is 2.30. The average molecular weight is 232 g/mol. The van der Waals surface area contributed by atoms with Crippen LogP contribution < -0.4 is 0 Å². The molecule has 0 aromatic heterocycles. The van der Waals surface area contributed by atoms with Gasteiger partial charge in [0.2, 0.25) is 0 Å². The molecular formula is C12H24S2. The van der Waals surface area contributed by atoms with E-state index >= 15 is 0 Å². The highest BCUT2D eigenvalue weighted by molar-refractivity contribution is 8.03. The van der Waals surface area contributed by atoms with Crippen LogP contribution in [0.1, 0.15) is 51.9 Å². The van der Waals surface area contributed by atoms with E-state index in [0.29, 0.717) is 0 Å². The Morgan fingerprint density at radius 2 is 1.86 bits per heavy atom. The maximum absolute atomic E-state index is 4.20. The third kappa shape index (κ3) is 10.5. The van der Waals surface area contributed by atoms with Gasteiger partial charge < -0.3 is 0 Å². The van der Waals surface area contributed by atoms with Gasteiger partial charge >= 0.3 is 0 Å². The minimum absolute atomic E-state index is 1.04. The van der Waals surface area contributed by atoms with Gasteiger partial charge in [-0.15, -0.1) is 11.8 Å². The first-order chi connectivity index (χ1) is 6.81. The van der Waals surface area contributed by atoms with E-state index in [0.717, 1.165) is 5.75 Å². The lowest BCUT2D eigenvalue weighted by Gasteiger charge is -2.04. The van der Waals surface area contributed by atoms with Crippen LogP contribution >= 0.6 is 24.4 Å². The topological polar surface area (TPSA) is 0 Å². The van der Waals surface area contributed by atoms with Crippen molar-refractivity contribution in [3.63, 3.8) is 0 Å². The van der Waals surface area contributed by atoms with E-state index in [-0.39, 0.29) is 0 Å². The van der Waals surface area contributed by atoms with Crippen molar-refractivity contribution >= 4 is 24.4 Å². The fourth-order valence-electron chi connectivity index (χ4n) is 1.23. The summed E-state index contributed by atoms with van der Waals surface area (Å²) in [6.45, 7) is 6.31. The molecule has 0 unspecified atom stereocenters. The molecule has 0 bridgehead atoms. The number of allylic oxidation sites excluding steroid dienone is 1. The molecule has 0 amide bonds. The molecule has 0 rings (SSSR count). The molecule has 0 aliphatic heterocycles. The highest BCUT2D eigenvalue weighted by Crippen LogP contribution is 2.21. The largest absolute Gasteiger partial charge is 0.179 e. The first kappa shape index (κ1) is 14.4. The van der Waals surface area contributed by atoms with Crippen LogP contribution in [0.5, 0.6) is 0 Å². The van der Waals surface area contributed by atoms with E-state index in [9.17, 15) is 0 Å². The molecule has 84 valence electrons. The zero-order chi connectivity index (χ0) is 10.6. The first-order valence-electron chi connectivity index (χ1n) is 5.72. The van der Waals surface area contributed by atoms with Gasteiger partial charge in [0, 0.05) is 0 Å². The van der Waals surface area contributed by atoms with Gasteiger partial charge in [0.15, 0.2) is 0 Å². The van der Waals surface area contributed by atoms with Crippen LogP contribution in [0.15, 0.2) is 11.5 Å². The quantitative estimate of drug-likeness (QED) is 0.412. The standard InChI is InChI=1S/C12H24S2/c1-3-4-9-12(2)14-11-8-6-5-7-10-13/h13H,2-11H2,1H3. The van der Waals surface area contributed by atoms with Gasteiger partial charge in [-0.1, -0.05) is 32.8 Å². The van der Waals surface area contributed by atoms with Crippen LogP contribution in [0.2, 0.25) is 0 Å². The third-order valence-electron chi connectivity index (χ3n) is 2.17. The van der Waals surface area contributed by atoms with Gasteiger partial charge in [0.1, 0.15) is 0 Å². The summed E-state index contributed by atoms with van der Waals surface area (Å²) in [6, 6.07) is 0. The highest BCUT2D eigenvalue weighted by Gasteiger charge is 1.95. The number of hydrogen-bond acceptors (Lipinski definition) is 2. The van der Waals surface area contributed by atoms with Crippen molar-refractivity contribution in [2.24, 2.45) is 0 Å². The summed E-state index contributed by atoms with van der Waals surface area (Å²) in [5, 5.41) is 0. The van der Waals surface area contributed by atoms with E-state index in [1.54, 1.807) is 0 Å². The van der Waals surface area contributed by atoms with Crippen molar-refractivity contribution in [2.45, 2.75) is 51.9 Å². The lowest BCUT2D eigenvalue weighted by Crippen LogP contribution is -1.84. The molecule has 0 N–H and O–H groups in total. The van der Waals surface area contributed by atoms with Crippen molar-refractivity contribution < 1.29 is 0 Å².